The van der Waals surface area contributed by atoms with Gasteiger partial charge in [-0.3, -0.25) is 4.90 Å². The molecule has 0 N–H and O–H groups in total. The van der Waals surface area contributed by atoms with Crippen molar-refractivity contribution in [1.29, 1.82) is 0 Å². The Bertz CT molecular complexity index is 824. The van der Waals surface area contributed by atoms with Gasteiger partial charge in [0.25, 0.3) is 0 Å². The van der Waals surface area contributed by atoms with E-state index in [1.165, 1.54) is 10.9 Å². The molecule has 2 aromatic carbocycles. The van der Waals surface area contributed by atoms with E-state index in [1.807, 2.05) is 18.2 Å². The minimum atomic E-state index is 0.797. The Morgan fingerprint density at radius 2 is 1.58 bits per heavy atom. The summed E-state index contributed by atoms with van der Waals surface area (Å²) in [5, 5.41) is 1.99. The highest BCUT2D eigenvalue weighted by molar-refractivity contribution is 6.30. The van der Waals surface area contributed by atoms with Gasteiger partial charge in [-0.25, -0.2) is 4.98 Å². The van der Waals surface area contributed by atoms with Crippen LogP contribution in [0.3, 0.4) is 0 Å². The van der Waals surface area contributed by atoms with E-state index in [-0.39, 0.29) is 0 Å². The molecule has 1 aromatic heterocycles. The molecule has 0 unspecified atom stereocenters. The van der Waals surface area contributed by atoms with E-state index >= 15 is 0 Å². The molecule has 3 nitrogen and oxygen atoms in total. The highest BCUT2D eigenvalue weighted by atomic mass is 35.5. The monoisotopic (exact) mass is 337 g/mol. The van der Waals surface area contributed by atoms with Gasteiger partial charge in [0.1, 0.15) is 5.82 Å². The van der Waals surface area contributed by atoms with E-state index in [1.54, 1.807) is 0 Å². The first kappa shape index (κ1) is 15.4. The third-order valence-electron chi connectivity index (χ3n) is 4.60. The summed E-state index contributed by atoms with van der Waals surface area (Å²) in [5.74, 6) is 1.08. The topological polar surface area (TPSA) is 19.4 Å². The van der Waals surface area contributed by atoms with Crippen molar-refractivity contribution in [3.63, 3.8) is 0 Å². The largest absolute Gasteiger partial charge is 0.354 e. The fourth-order valence-corrected chi connectivity index (χ4v) is 3.34. The molecule has 0 bridgehead atoms. The average molecular weight is 338 g/mol. The number of nitrogens with zero attached hydrogens (tertiary/aromatic N) is 3. The fourth-order valence-electron chi connectivity index (χ4n) is 3.21. The first-order chi connectivity index (χ1) is 11.8. The molecule has 3 aromatic rings. The van der Waals surface area contributed by atoms with Crippen molar-refractivity contribution in [2.75, 3.05) is 31.1 Å². The van der Waals surface area contributed by atoms with Crippen molar-refractivity contribution in [2.24, 2.45) is 0 Å². The second-order valence-electron chi connectivity index (χ2n) is 6.25. The van der Waals surface area contributed by atoms with E-state index in [0.717, 1.165) is 49.1 Å². The number of rotatable bonds is 3. The summed E-state index contributed by atoms with van der Waals surface area (Å²) in [6.45, 7) is 5.11. The van der Waals surface area contributed by atoms with Crippen LogP contribution in [0, 0.1) is 0 Å². The van der Waals surface area contributed by atoms with Crippen LogP contribution in [0.4, 0.5) is 5.82 Å². The minimum Gasteiger partial charge on any atom is -0.354 e. The lowest BCUT2D eigenvalue weighted by atomic mass is 10.2. The number of para-hydroxylation sites is 1. The SMILES string of the molecule is Clc1ccc(CN2CCN(c3ccc4ccccc4n3)CC2)cc1. The molecule has 2 heterocycles. The zero-order chi connectivity index (χ0) is 16.4. The predicted molar refractivity (Wildman–Crippen MR) is 101 cm³/mol. The van der Waals surface area contributed by atoms with Gasteiger partial charge in [0.05, 0.1) is 5.52 Å². The van der Waals surface area contributed by atoms with Crippen LogP contribution in [0.1, 0.15) is 5.56 Å². The number of aromatic nitrogens is 1. The molecule has 1 saturated heterocycles. The fraction of sp³-hybridized carbons (Fsp3) is 0.250. The van der Waals surface area contributed by atoms with Crippen molar-refractivity contribution in [2.45, 2.75) is 6.54 Å². The average Bonchev–Trinajstić information content (AvgIpc) is 2.64. The normalized spacial score (nSPS) is 15.8. The summed E-state index contributed by atoms with van der Waals surface area (Å²) >= 11 is 5.96. The van der Waals surface area contributed by atoms with Gasteiger partial charge in [-0.15, -0.1) is 0 Å². The number of piperazine rings is 1. The molecule has 0 aliphatic carbocycles. The van der Waals surface area contributed by atoms with Gasteiger partial charge in [0, 0.05) is 43.1 Å². The summed E-state index contributed by atoms with van der Waals surface area (Å²) in [6.07, 6.45) is 0. The number of halogens is 1. The van der Waals surface area contributed by atoms with Gasteiger partial charge < -0.3 is 4.90 Å². The maximum atomic E-state index is 5.96. The van der Waals surface area contributed by atoms with Gasteiger partial charge >= 0.3 is 0 Å². The number of fused-ring (bicyclic) bond motifs is 1. The lowest BCUT2D eigenvalue weighted by molar-refractivity contribution is 0.249. The smallest absolute Gasteiger partial charge is 0.129 e. The van der Waals surface area contributed by atoms with Crippen molar-refractivity contribution in [3.8, 4) is 0 Å². The van der Waals surface area contributed by atoms with Gasteiger partial charge in [-0.2, -0.15) is 0 Å². The van der Waals surface area contributed by atoms with E-state index in [4.69, 9.17) is 16.6 Å². The molecule has 0 atom stereocenters. The van der Waals surface area contributed by atoms with Gasteiger partial charge in [-0.1, -0.05) is 41.9 Å². The quantitative estimate of drug-likeness (QED) is 0.713. The Kier molecular flexibility index (Phi) is 4.37. The van der Waals surface area contributed by atoms with Crippen molar-refractivity contribution < 1.29 is 0 Å². The molecule has 1 fully saturated rings. The first-order valence-electron chi connectivity index (χ1n) is 8.35. The molecule has 1 aliphatic rings. The maximum absolute atomic E-state index is 5.96. The molecule has 122 valence electrons. The molecular formula is C20H20ClN3. The standard InChI is InChI=1S/C20H20ClN3/c21-18-8-5-16(6-9-18)15-23-11-13-24(14-12-23)20-10-7-17-3-1-2-4-19(17)22-20/h1-10H,11-15H2. The van der Waals surface area contributed by atoms with Crippen LogP contribution in [0.15, 0.2) is 60.7 Å². The molecule has 0 spiro atoms. The van der Waals surface area contributed by atoms with Crippen LogP contribution in [0.25, 0.3) is 10.9 Å². The van der Waals surface area contributed by atoms with Crippen LogP contribution in [-0.4, -0.2) is 36.1 Å². The van der Waals surface area contributed by atoms with Gasteiger partial charge in [-0.05, 0) is 35.9 Å². The van der Waals surface area contributed by atoms with Crippen LogP contribution >= 0.6 is 11.6 Å². The second-order valence-corrected chi connectivity index (χ2v) is 6.69. The zero-order valence-electron chi connectivity index (χ0n) is 13.5. The number of anilines is 1. The Balaban J connectivity index is 1.40. The maximum Gasteiger partial charge on any atom is 0.129 e. The van der Waals surface area contributed by atoms with Crippen molar-refractivity contribution in [1.82, 2.24) is 9.88 Å². The van der Waals surface area contributed by atoms with E-state index < -0.39 is 0 Å². The van der Waals surface area contributed by atoms with Crippen LogP contribution in [0.2, 0.25) is 5.02 Å². The Morgan fingerprint density at radius 1 is 0.833 bits per heavy atom. The molecule has 0 saturated carbocycles. The van der Waals surface area contributed by atoms with Crippen molar-refractivity contribution in [3.05, 3.63) is 71.2 Å². The van der Waals surface area contributed by atoms with Crippen LogP contribution < -0.4 is 4.90 Å². The van der Waals surface area contributed by atoms with Crippen LogP contribution in [-0.2, 0) is 6.54 Å². The molecule has 24 heavy (non-hydrogen) atoms. The molecular weight excluding hydrogens is 318 g/mol. The highest BCUT2D eigenvalue weighted by Gasteiger charge is 2.18. The van der Waals surface area contributed by atoms with Crippen molar-refractivity contribution >= 4 is 28.3 Å². The third-order valence-corrected chi connectivity index (χ3v) is 4.85. The predicted octanol–water partition coefficient (Wildman–Crippen LogP) is 4.21. The summed E-state index contributed by atoms with van der Waals surface area (Å²) in [4.78, 5) is 9.68. The molecule has 4 heteroatoms. The molecule has 1 aliphatic heterocycles. The second kappa shape index (κ2) is 6.80. The van der Waals surface area contributed by atoms with Gasteiger partial charge in [0.15, 0.2) is 0 Å². The number of hydrogen-bond acceptors (Lipinski definition) is 3. The zero-order valence-corrected chi connectivity index (χ0v) is 14.3. The minimum absolute atomic E-state index is 0.797. The summed E-state index contributed by atoms with van der Waals surface area (Å²) in [6, 6.07) is 20.7. The Labute approximate surface area is 147 Å². The Morgan fingerprint density at radius 3 is 2.38 bits per heavy atom. The summed E-state index contributed by atoms with van der Waals surface area (Å²) in [7, 11) is 0. The number of pyridine rings is 1. The third kappa shape index (κ3) is 3.37. The van der Waals surface area contributed by atoms with E-state index in [9.17, 15) is 0 Å². The summed E-state index contributed by atoms with van der Waals surface area (Å²) < 4.78 is 0. The van der Waals surface area contributed by atoms with E-state index in [0.29, 0.717) is 0 Å². The highest BCUT2D eigenvalue weighted by Crippen LogP contribution is 2.20. The lowest BCUT2D eigenvalue weighted by Crippen LogP contribution is -2.46. The van der Waals surface area contributed by atoms with Gasteiger partial charge in [0.2, 0.25) is 0 Å². The first-order valence-corrected chi connectivity index (χ1v) is 8.73. The molecule has 0 radical (unpaired) electrons. The summed E-state index contributed by atoms with van der Waals surface area (Å²) in [5.41, 5.74) is 2.38. The van der Waals surface area contributed by atoms with E-state index in [2.05, 4.69) is 52.3 Å². The number of benzene rings is 2. The van der Waals surface area contributed by atoms with Crippen LogP contribution in [0.5, 0.6) is 0 Å². The Hall–Kier alpha value is -2.10. The molecule has 4 rings (SSSR count). The number of hydrogen-bond donors (Lipinski definition) is 0. The molecule has 0 amide bonds. The lowest BCUT2D eigenvalue weighted by Gasteiger charge is -2.35.